The van der Waals surface area contributed by atoms with Crippen LogP contribution in [0.2, 0.25) is 5.15 Å². The molecule has 0 aliphatic carbocycles. The number of hydrogen-bond donors (Lipinski definition) is 1. The number of nitrogens with zero attached hydrogens (tertiary/aromatic N) is 3. The van der Waals surface area contributed by atoms with Gasteiger partial charge in [-0.3, -0.25) is 4.57 Å². The summed E-state index contributed by atoms with van der Waals surface area (Å²) in [5.74, 6) is 0. The molecule has 16 heavy (non-hydrogen) atoms. The van der Waals surface area contributed by atoms with Crippen molar-refractivity contribution in [2.24, 2.45) is 5.16 Å². The summed E-state index contributed by atoms with van der Waals surface area (Å²) < 4.78 is 1.75. The molecular formula is C11H10ClN3O. The molecule has 1 heterocycles. The molecule has 0 radical (unpaired) electrons. The van der Waals surface area contributed by atoms with Gasteiger partial charge >= 0.3 is 0 Å². The average molecular weight is 236 g/mol. The van der Waals surface area contributed by atoms with E-state index in [-0.39, 0.29) is 0 Å². The highest BCUT2D eigenvalue weighted by Crippen LogP contribution is 2.17. The molecule has 0 atom stereocenters. The highest BCUT2D eigenvalue weighted by molar-refractivity contribution is 6.31. The molecule has 0 fully saturated rings. The van der Waals surface area contributed by atoms with Crippen molar-refractivity contribution in [3.63, 3.8) is 0 Å². The van der Waals surface area contributed by atoms with Crippen molar-refractivity contribution in [3.05, 3.63) is 47.0 Å². The van der Waals surface area contributed by atoms with Crippen LogP contribution in [0.25, 0.3) is 5.69 Å². The average Bonchev–Trinajstić information content (AvgIpc) is 2.63. The van der Waals surface area contributed by atoms with E-state index >= 15 is 0 Å². The van der Waals surface area contributed by atoms with E-state index in [9.17, 15) is 0 Å². The van der Waals surface area contributed by atoms with E-state index in [0.29, 0.717) is 10.8 Å². The Morgan fingerprint density at radius 2 is 2.06 bits per heavy atom. The first kappa shape index (κ1) is 10.7. The first-order valence-corrected chi connectivity index (χ1v) is 5.07. The molecule has 5 heteroatoms. The lowest BCUT2D eigenvalue weighted by molar-refractivity contribution is 0.321. The van der Waals surface area contributed by atoms with Gasteiger partial charge < -0.3 is 5.21 Å². The third-order valence-corrected chi connectivity index (χ3v) is 2.54. The number of halogens is 1. The highest BCUT2D eigenvalue weighted by Gasteiger charge is 2.08. The quantitative estimate of drug-likeness (QED) is 0.494. The van der Waals surface area contributed by atoms with E-state index in [1.807, 2.05) is 31.2 Å². The van der Waals surface area contributed by atoms with Gasteiger partial charge in [-0.25, -0.2) is 4.98 Å². The van der Waals surface area contributed by atoms with Crippen molar-refractivity contribution >= 4 is 17.8 Å². The van der Waals surface area contributed by atoms with Crippen LogP contribution in [0.1, 0.15) is 11.3 Å². The Morgan fingerprint density at radius 1 is 1.38 bits per heavy atom. The predicted octanol–water partition coefficient (Wildman–Crippen LogP) is 2.64. The monoisotopic (exact) mass is 235 g/mol. The molecule has 2 aromatic rings. The number of aromatic nitrogens is 2. The van der Waals surface area contributed by atoms with Crippen LogP contribution >= 0.6 is 11.6 Å². The standard InChI is InChI=1S/C11H10ClN3O/c1-8-2-4-9(5-3-8)15-7-13-11(12)10(15)6-14-16/h2-7,16H,1H3/b14-6+. The van der Waals surface area contributed by atoms with Crippen molar-refractivity contribution in [2.75, 3.05) is 0 Å². The Labute approximate surface area is 97.8 Å². The fourth-order valence-electron chi connectivity index (χ4n) is 1.42. The fourth-order valence-corrected chi connectivity index (χ4v) is 1.60. The summed E-state index contributed by atoms with van der Waals surface area (Å²) in [5, 5.41) is 11.8. The molecule has 0 amide bonds. The van der Waals surface area contributed by atoms with Gasteiger partial charge in [0.05, 0.1) is 6.21 Å². The zero-order valence-corrected chi connectivity index (χ0v) is 9.39. The van der Waals surface area contributed by atoms with Crippen LogP contribution in [0, 0.1) is 6.92 Å². The second kappa shape index (κ2) is 4.37. The lowest BCUT2D eigenvalue weighted by Gasteiger charge is -2.04. The van der Waals surface area contributed by atoms with Gasteiger partial charge in [0.15, 0.2) is 5.15 Å². The first-order valence-electron chi connectivity index (χ1n) is 4.69. The molecule has 0 aliphatic heterocycles. The molecule has 1 aromatic carbocycles. The van der Waals surface area contributed by atoms with Crippen LogP contribution < -0.4 is 0 Å². The van der Waals surface area contributed by atoms with Crippen molar-refractivity contribution in [3.8, 4) is 5.69 Å². The number of aryl methyl sites for hydroxylation is 1. The van der Waals surface area contributed by atoms with Crippen LogP contribution in [0.3, 0.4) is 0 Å². The van der Waals surface area contributed by atoms with Crippen LogP contribution in [0.5, 0.6) is 0 Å². The van der Waals surface area contributed by atoms with Crippen molar-refractivity contribution in [1.29, 1.82) is 0 Å². The SMILES string of the molecule is Cc1ccc(-n2cnc(Cl)c2/C=N/O)cc1. The molecule has 0 unspecified atom stereocenters. The Morgan fingerprint density at radius 3 is 2.69 bits per heavy atom. The lowest BCUT2D eigenvalue weighted by Crippen LogP contribution is -1.98. The number of hydrogen-bond acceptors (Lipinski definition) is 3. The Balaban J connectivity index is 2.51. The van der Waals surface area contributed by atoms with Gasteiger partial charge in [0.25, 0.3) is 0 Å². The molecule has 0 saturated heterocycles. The summed E-state index contributed by atoms with van der Waals surface area (Å²) >= 11 is 5.87. The van der Waals surface area contributed by atoms with Crippen LogP contribution in [0.15, 0.2) is 35.7 Å². The van der Waals surface area contributed by atoms with Crippen LogP contribution in [-0.4, -0.2) is 21.0 Å². The van der Waals surface area contributed by atoms with E-state index in [1.165, 1.54) is 11.8 Å². The zero-order chi connectivity index (χ0) is 11.5. The molecule has 0 aliphatic rings. The Kier molecular flexibility index (Phi) is 2.92. The number of benzene rings is 1. The second-order valence-corrected chi connectivity index (χ2v) is 3.73. The summed E-state index contributed by atoms with van der Waals surface area (Å²) in [5.41, 5.74) is 2.64. The summed E-state index contributed by atoms with van der Waals surface area (Å²) in [7, 11) is 0. The van der Waals surface area contributed by atoms with Gasteiger partial charge in [-0.05, 0) is 19.1 Å². The van der Waals surface area contributed by atoms with Crippen LogP contribution in [0.4, 0.5) is 0 Å². The largest absolute Gasteiger partial charge is 0.411 e. The van der Waals surface area contributed by atoms with Gasteiger partial charge in [0.2, 0.25) is 0 Å². The topological polar surface area (TPSA) is 50.4 Å². The summed E-state index contributed by atoms with van der Waals surface area (Å²) in [6.07, 6.45) is 2.85. The predicted molar refractivity (Wildman–Crippen MR) is 62.7 cm³/mol. The van der Waals surface area contributed by atoms with Gasteiger partial charge in [0, 0.05) is 5.69 Å². The molecule has 0 spiro atoms. The minimum Gasteiger partial charge on any atom is -0.411 e. The van der Waals surface area contributed by atoms with Gasteiger partial charge in [-0.2, -0.15) is 0 Å². The lowest BCUT2D eigenvalue weighted by atomic mass is 10.2. The van der Waals surface area contributed by atoms with E-state index in [4.69, 9.17) is 16.8 Å². The third kappa shape index (κ3) is 1.92. The van der Waals surface area contributed by atoms with E-state index < -0.39 is 0 Å². The van der Waals surface area contributed by atoms with Crippen LogP contribution in [-0.2, 0) is 0 Å². The molecule has 0 saturated carbocycles. The van der Waals surface area contributed by atoms with Gasteiger partial charge in [-0.15, -0.1) is 0 Å². The summed E-state index contributed by atoms with van der Waals surface area (Å²) in [6.45, 7) is 2.01. The molecule has 0 bridgehead atoms. The fraction of sp³-hybridized carbons (Fsp3) is 0.0909. The highest BCUT2D eigenvalue weighted by atomic mass is 35.5. The van der Waals surface area contributed by atoms with E-state index in [1.54, 1.807) is 10.9 Å². The Hall–Kier alpha value is -1.81. The maximum absolute atomic E-state index is 8.55. The van der Waals surface area contributed by atoms with Crippen molar-refractivity contribution in [2.45, 2.75) is 6.92 Å². The molecular weight excluding hydrogens is 226 g/mol. The first-order chi connectivity index (χ1) is 7.72. The van der Waals surface area contributed by atoms with Gasteiger partial charge in [-0.1, -0.05) is 34.5 Å². The van der Waals surface area contributed by atoms with Crippen molar-refractivity contribution < 1.29 is 5.21 Å². The van der Waals surface area contributed by atoms with E-state index in [2.05, 4.69) is 10.1 Å². The number of oxime groups is 1. The maximum Gasteiger partial charge on any atom is 0.156 e. The minimum atomic E-state index is 0.304. The summed E-state index contributed by atoms with van der Waals surface area (Å²) in [4.78, 5) is 3.96. The van der Waals surface area contributed by atoms with E-state index in [0.717, 1.165) is 5.69 Å². The normalized spacial score (nSPS) is 11.1. The molecule has 1 N–H and O–H groups in total. The number of imidazole rings is 1. The number of rotatable bonds is 2. The molecule has 4 nitrogen and oxygen atoms in total. The Bertz CT molecular complexity index is 517. The zero-order valence-electron chi connectivity index (χ0n) is 8.63. The maximum atomic E-state index is 8.55. The van der Waals surface area contributed by atoms with Crippen molar-refractivity contribution in [1.82, 2.24) is 9.55 Å². The molecule has 2 rings (SSSR count). The molecule has 1 aromatic heterocycles. The third-order valence-electron chi connectivity index (χ3n) is 2.25. The second-order valence-electron chi connectivity index (χ2n) is 3.37. The minimum absolute atomic E-state index is 0.304. The molecule has 82 valence electrons. The summed E-state index contributed by atoms with van der Waals surface area (Å²) in [6, 6.07) is 7.87. The smallest absolute Gasteiger partial charge is 0.156 e. The van der Waals surface area contributed by atoms with Gasteiger partial charge in [0.1, 0.15) is 12.0 Å².